The van der Waals surface area contributed by atoms with Crippen LogP contribution in [0.5, 0.6) is 0 Å². The molecule has 1 heterocycles. The molecule has 0 bridgehead atoms. The van der Waals surface area contributed by atoms with Crippen molar-refractivity contribution >= 4 is 17.7 Å². The molecule has 0 unspecified atom stereocenters. The molecule has 0 spiro atoms. The summed E-state index contributed by atoms with van der Waals surface area (Å²) in [7, 11) is 0. The summed E-state index contributed by atoms with van der Waals surface area (Å²) >= 11 is 0. The molecule has 0 aromatic heterocycles. The second-order valence-electron chi connectivity index (χ2n) is 5.82. The smallest absolute Gasteiger partial charge is 0.248 e. The van der Waals surface area contributed by atoms with Gasteiger partial charge in [-0.25, -0.2) is 0 Å². The number of nitrogens with zero attached hydrogens (tertiary/aromatic N) is 1. The van der Waals surface area contributed by atoms with E-state index in [0.717, 1.165) is 44.1 Å². The first kappa shape index (κ1) is 16.4. The number of anilines is 1. The first-order valence-corrected chi connectivity index (χ1v) is 8.23. The highest BCUT2D eigenvalue weighted by Gasteiger charge is 2.10. The molecular weight excluding hydrogens is 300 g/mol. The Balaban J connectivity index is 1.57. The Morgan fingerprint density at radius 1 is 1.08 bits per heavy atom. The minimum Gasteiger partial charge on any atom is -0.379 e. The van der Waals surface area contributed by atoms with Gasteiger partial charge in [-0.1, -0.05) is 42.5 Å². The van der Waals surface area contributed by atoms with E-state index in [4.69, 9.17) is 4.74 Å². The minimum atomic E-state index is -0.123. The van der Waals surface area contributed by atoms with Crippen molar-refractivity contribution in [3.63, 3.8) is 0 Å². The summed E-state index contributed by atoms with van der Waals surface area (Å²) in [4.78, 5) is 14.4. The summed E-state index contributed by atoms with van der Waals surface area (Å²) in [5.41, 5.74) is 3.03. The average molecular weight is 322 g/mol. The van der Waals surface area contributed by atoms with Gasteiger partial charge < -0.3 is 10.1 Å². The molecule has 1 aliphatic rings. The molecule has 1 saturated heterocycles. The zero-order valence-corrected chi connectivity index (χ0v) is 13.7. The van der Waals surface area contributed by atoms with Crippen LogP contribution in [0.1, 0.15) is 11.1 Å². The van der Waals surface area contributed by atoms with Crippen molar-refractivity contribution in [2.45, 2.75) is 6.54 Å². The summed E-state index contributed by atoms with van der Waals surface area (Å²) in [5, 5.41) is 2.92. The highest BCUT2D eigenvalue weighted by atomic mass is 16.5. The van der Waals surface area contributed by atoms with E-state index < -0.39 is 0 Å². The lowest BCUT2D eigenvalue weighted by molar-refractivity contribution is -0.111. The van der Waals surface area contributed by atoms with Crippen molar-refractivity contribution in [3.8, 4) is 0 Å². The normalized spacial score (nSPS) is 15.5. The van der Waals surface area contributed by atoms with Crippen molar-refractivity contribution in [2.75, 3.05) is 31.6 Å². The van der Waals surface area contributed by atoms with Crippen LogP contribution in [0.25, 0.3) is 6.08 Å². The fourth-order valence-electron chi connectivity index (χ4n) is 2.68. The van der Waals surface area contributed by atoms with Crippen LogP contribution in [0.4, 0.5) is 5.69 Å². The molecule has 1 amide bonds. The lowest BCUT2D eigenvalue weighted by Crippen LogP contribution is -2.35. The Bertz CT molecular complexity index is 692. The van der Waals surface area contributed by atoms with Crippen LogP contribution in [-0.2, 0) is 16.1 Å². The van der Waals surface area contributed by atoms with Crippen molar-refractivity contribution < 1.29 is 9.53 Å². The maximum absolute atomic E-state index is 12.1. The number of ether oxygens (including phenoxy) is 1. The standard InChI is InChI=1S/C20H22N2O2/c23-20(10-9-17-5-2-1-3-6-17)21-19-8-4-7-18(15-19)16-22-11-13-24-14-12-22/h1-10,15H,11-14,16H2,(H,21,23)/b10-9+. The first-order valence-electron chi connectivity index (χ1n) is 8.23. The maximum atomic E-state index is 12.1. The van der Waals surface area contributed by atoms with E-state index in [9.17, 15) is 4.79 Å². The van der Waals surface area contributed by atoms with Gasteiger partial charge in [-0.05, 0) is 29.3 Å². The van der Waals surface area contributed by atoms with E-state index in [1.807, 2.05) is 54.6 Å². The summed E-state index contributed by atoms with van der Waals surface area (Å²) < 4.78 is 5.37. The molecule has 1 fully saturated rings. The Morgan fingerprint density at radius 2 is 1.88 bits per heavy atom. The van der Waals surface area contributed by atoms with Crippen molar-refractivity contribution in [1.29, 1.82) is 0 Å². The molecule has 124 valence electrons. The molecule has 2 aromatic carbocycles. The summed E-state index contributed by atoms with van der Waals surface area (Å²) in [5.74, 6) is -0.123. The largest absolute Gasteiger partial charge is 0.379 e. The van der Waals surface area contributed by atoms with Gasteiger partial charge in [-0.2, -0.15) is 0 Å². The quantitative estimate of drug-likeness (QED) is 0.860. The van der Waals surface area contributed by atoms with Crippen LogP contribution < -0.4 is 5.32 Å². The van der Waals surface area contributed by atoms with Gasteiger partial charge in [0.15, 0.2) is 0 Å². The van der Waals surface area contributed by atoms with Crippen LogP contribution in [0.3, 0.4) is 0 Å². The van der Waals surface area contributed by atoms with E-state index in [-0.39, 0.29) is 5.91 Å². The van der Waals surface area contributed by atoms with Crippen LogP contribution in [0, 0.1) is 0 Å². The first-order chi connectivity index (χ1) is 11.8. The van der Waals surface area contributed by atoms with E-state index in [1.54, 1.807) is 6.08 Å². The van der Waals surface area contributed by atoms with E-state index in [0.29, 0.717) is 0 Å². The molecule has 2 aromatic rings. The molecule has 0 radical (unpaired) electrons. The third-order valence-electron chi connectivity index (χ3n) is 3.93. The van der Waals surface area contributed by atoms with E-state index in [1.165, 1.54) is 5.56 Å². The predicted molar refractivity (Wildman–Crippen MR) is 96.6 cm³/mol. The lowest BCUT2D eigenvalue weighted by atomic mass is 10.1. The molecule has 4 heteroatoms. The number of nitrogens with one attached hydrogen (secondary N) is 1. The number of amides is 1. The monoisotopic (exact) mass is 322 g/mol. The number of carbonyl (C=O) groups is 1. The molecule has 24 heavy (non-hydrogen) atoms. The molecule has 4 nitrogen and oxygen atoms in total. The van der Waals surface area contributed by atoms with Gasteiger partial charge in [0, 0.05) is 31.4 Å². The molecule has 0 saturated carbocycles. The maximum Gasteiger partial charge on any atom is 0.248 e. The molecule has 0 aliphatic carbocycles. The van der Waals surface area contributed by atoms with Crippen LogP contribution >= 0.6 is 0 Å². The molecule has 1 N–H and O–H groups in total. The fourth-order valence-corrected chi connectivity index (χ4v) is 2.68. The van der Waals surface area contributed by atoms with Crippen molar-refractivity contribution in [1.82, 2.24) is 4.90 Å². The molecule has 0 atom stereocenters. The van der Waals surface area contributed by atoms with E-state index >= 15 is 0 Å². The van der Waals surface area contributed by atoms with Crippen molar-refractivity contribution in [3.05, 3.63) is 71.8 Å². The number of hydrogen-bond donors (Lipinski definition) is 1. The number of carbonyl (C=O) groups excluding carboxylic acids is 1. The zero-order valence-electron chi connectivity index (χ0n) is 13.7. The van der Waals surface area contributed by atoms with E-state index in [2.05, 4.69) is 16.3 Å². The predicted octanol–water partition coefficient (Wildman–Crippen LogP) is 3.17. The van der Waals surface area contributed by atoms with Gasteiger partial charge in [0.1, 0.15) is 0 Å². The van der Waals surface area contributed by atoms with Crippen molar-refractivity contribution in [2.24, 2.45) is 0 Å². The second-order valence-corrected chi connectivity index (χ2v) is 5.82. The highest BCUT2D eigenvalue weighted by molar-refractivity contribution is 6.01. The third kappa shape index (κ3) is 5.05. The summed E-state index contributed by atoms with van der Waals surface area (Å²) in [6.07, 6.45) is 3.37. The van der Waals surface area contributed by atoms with Crippen LogP contribution in [-0.4, -0.2) is 37.1 Å². The Morgan fingerprint density at radius 3 is 2.67 bits per heavy atom. The zero-order chi connectivity index (χ0) is 16.6. The topological polar surface area (TPSA) is 41.6 Å². The van der Waals surface area contributed by atoms with Gasteiger partial charge in [0.2, 0.25) is 5.91 Å². The Labute approximate surface area is 142 Å². The second kappa shape index (κ2) is 8.43. The SMILES string of the molecule is O=C(/C=C/c1ccccc1)Nc1cccc(CN2CCOCC2)c1. The van der Waals surface area contributed by atoms with Gasteiger partial charge in [0.05, 0.1) is 13.2 Å². The average Bonchev–Trinajstić information content (AvgIpc) is 2.62. The Kier molecular flexibility index (Phi) is 5.77. The summed E-state index contributed by atoms with van der Waals surface area (Å²) in [6.45, 7) is 4.38. The van der Waals surface area contributed by atoms with Gasteiger partial charge >= 0.3 is 0 Å². The molecular formula is C20H22N2O2. The number of morpholine rings is 1. The lowest BCUT2D eigenvalue weighted by Gasteiger charge is -2.26. The van der Waals surface area contributed by atoms with Crippen LogP contribution in [0.2, 0.25) is 0 Å². The molecule has 1 aliphatic heterocycles. The summed E-state index contributed by atoms with van der Waals surface area (Å²) in [6, 6.07) is 17.8. The fraction of sp³-hybridized carbons (Fsp3) is 0.250. The van der Waals surface area contributed by atoms with Crippen LogP contribution in [0.15, 0.2) is 60.7 Å². The highest BCUT2D eigenvalue weighted by Crippen LogP contribution is 2.14. The number of rotatable bonds is 5. The van der Waals surface area contributed by atoms with Gasteiger partial charge in [-0.3, -0.25) is 9.69 Å². The Hall–Kier alpha value is -2.43. The minimum absolute atomic E-state index is 0.123. The van der Waals surface area contributed by atoms with Gasteiger partial charge in [0.25, 0.3) is 0 Å². The van der Waals surface area contributed by atoms with Gasteiger partial charge in [-0.15, -0.1) is 0 Å². The number of hydrogen-bond acceptors (Lipinski definition) is 3. The number of benzene rings is 2. The third-order valence-corrected chi connectivity index (χ3v) is 3.93. The molecule has 3 rings (SSSR count).